The van der Waals surface area contributed by atoms with Crippen LogP contribution in [0, 0.1) is 6.07 Å². The van der Waals surface area contributed by atoms with Gasteiger partial charge in [0.1, 0.15) is 0 Å². The molecule has 1 aliphatic carbocycles. The summed E-state index contributed by atoms with van der Waals surface area (Å²) in [5, 5.41) is 1.28. The molecule has 115 valence electrons. The first-order valence-electron chi connectivity index (χ1n) is 8.39. The van der Waals surface area contributed by atoms with E-state index < -0.39 is 0 Å². The number of benzene rings is 2. The highest BCUT2D eigenvalue weighted by Gasteiger charge is 2.20. The highest BCUT2D eigenvalue weighted by atomic mass is 15.1. The van der Waals surface area contributed by atoms with Crippen molar-refractivity contribution in [3.05, 3.63) is 71.4 Å². The number of rotatable bonds is 3. The van der Waals surface area contributed by atoms with E-state index in [1.165, 1.54) is 40.7 Å². The summed E-state index contributed by atoms with van der Waals surface area (Å²) in [6.45, 7) is 0.912. The average Bonchev–Trinajstić information content (AvgIpc) is 2.60. The number of hydrogen-bond acceptors (Lipinski definition) is 2. The van der Waals surface area contributed by atoms with Gasteiger partial charge in [-0.25, -0.2) is 0 Å². The predicted molar refractivity (Wildman–Crippen MR) is 95.8 cm³/mol. The van der Waals surface area contributed by atoms with E-state index in [1.54, 1.807) is 0 Å². The van der Waals surface area contributed by atoms with Gasteiger partial charge < -0.3 is 4.90 Å². The molecule has 2 heteroatoms. The predicted octanol–water partition coefficient (Wildman–Crippen LogP) is 4.55. The molecule has 2 aromatic carbocycles. The lowest BCUT2D eigenvalue weighted by molar-refractivity contribution is 0.668. The van der Waals surface area contributed by atoms with Crippen LogP contribution in [0.1, 0.15) is 29.7 Å². The molecule has 0 N–H and O–H groups in total. The van der Waals surface area contributed by atoms with Gasteiger partial charge in [-0.1, -0.05) is 42.5 Å². The maximum atomic E-state index is 4.93. The molecule has 23 heavy (non-hydrogen) atoms. The lowest BCUT2D eigenvalue weighted by Gasteiger charge is -2.28. The van der Waals surface area contributed by atoms with Crippen molar-refractivity contribution in [2.45, 2.75) is 32.2 Å². The van der Waals surface area contributed by atoms with E-state index in [1.807, 2.05) is 12.1 Å². The number of aryl methyl sites for hydroxylation is 1. The number of para-hydroxylation sites is 1. The van der Waals surface area contributed by atoms with Crippen molar-refractivity contribution in [1.29, 1.82) is 0 Å². The number of anilines is 1. The van der Waals surface area contributed by atoms with Gasteiger partial charge >= 0.3 is 0 Å². The fourth-order valence-corrected chi connectivity index (χ4v) is 3.66. The third-order valence-electron chi connectivity index (χ3n) is 4.73. The summed E-state index contributed by atoms with van der Waals surface area (Å²) in [7, 11) is 2.20. The Balaban J connectivity index is 1.83. The maximum Gasteiger partial charge on any atom is 0.0726 e. The van der Waals surface area contributed by atoms with Crippen LogP contribution in [0.5, 0.6) is 0 Å². The van der Waals surface area contributed by atoms with Gasteiger partial charge in [-0.2, -0.15) is 0 Å². The van der Waals surface area contributed by atoms with Gasteiger partial charge in [-0.15, -0.1) is 0 Å². The van der Waals surface area contributed by atoms with Crippen molar-refractivity contribution in [2.75, 3.05) is 11.9 Å². The standard InChI is InChI=1S/C21H21N2/c1-23(15-16-9-3-2-4-10-16)21-17-11-5-7-13-19(17)22-20-14-8-6-12-18(20)21/h3-5,7,9-11,13H,6,8,12,14-15H2,1H3. The molecule has 2 nitrogen and oxygen atoms in total. The summed E-state index contributed by atoms with van der Waals surface area (Å²) >= 11 is 0. The summed E-state index contributed by atoms with van der Waals surface area (Å²) < 4.78 is 0. The van der Waals surface area contributed by atoms with Crippen molar-refractivity contribution in [1.82, 2.24) is 4.98 Å². The third-order valence-corrected chi connectivity index (χ3v) is 4.73. The molecule has 1 heterocycles. The number of nitrogens with zero attached hydrogens (tertiary/aromatic N) is 2. The smallest absolute Gasteiger partial charge is 0.0726 e. The summed E-state index contributed by atoms with van der Waals surface area (Å²) in [4.78, 5) is 7.33. The minimum Gasteiger partial charge on any atom is -0.369 e. The van der Waals surface area contributed by atoms with Crippen LogP contribution < -0.4 is 4.90 Å². The topological polar surface area (TPSA) is 16.1 Å². The van der Waals surface area contributed by atoms with Gasteiger partial charge in [0.15, 0.2) is 0 Å². The Bertz CT molecular complexity index is 824. The zero-order valence-corrected chi connectivity index (χ0v) is 13.5. The first-order chi connectivity index (χ1) is 11.3. The molecule has 1 aromatic heterocycles. The van der Waals surface area contributed by atoms with Crippen LogP contribution in [0.25, 0.3) is 10.9 Å². The Morgan fingerprint density at radius 3 is 2.70 bits per heavy atom. The van der Waals surface area contributed by atoms with Crippen molar-refractivity contribution in [3.8, 4) is 0 Å². The zero-order valence-electron chi connectivity index (χ0n) is 13.5. The van der Waals surface area contributed by atoms with Crippen LogP contribution in [0.3, 0.4) is 0 Å². The molecule has 1 aliphatic rings. The molecule has 4 rings (SSSR count). The fourth-order valence-electron chi connectivity index (χ4n) is 3.66. The molecule has 0 unspecified atom stereocenters. The van der Waals surface area contributed by atoms with Crippen LogP contribution >= 0.6 is 0 Å². The van der Waals surface area contributed by atoms with Crippen molar-refractivity contribution < 1.29 is 0 Å². The first-order valence-corrected chi connectivity index (χ1v) is 8.39. The molecule has 0 saturated heterocycles. The number of hydrogen-bond donors (Lipinski definition) is 0. The Hall–Kier alpha value is -2.35. The maximum absolute atomic E-state index is 4.93. The molecule has 1 radical (unpaired) electrons. The fraction of sp³-hybridized carbons (Fsp3) is 0.286. The highest BCUT2D eigenvalue weighted by Crippen LogP contribution is 2.35. The molecule has 0 fully saturated rings. The van der Waals surface area contributed by atoms with Crippen molar-refractivity contribution >= 4 is 16.6 Å². The van der Waals surface area contributed by atoms with E-state index in [0.717, 1.165) is 24.9 Å². The van der Waals surface area contributed by atoms with Crippen molar-refractivity contribution in [2.24, 2.45) is 0 Å². The van der Waals surface area contributed by atoms with Crippen LogP contribution in [0.15, 0.2) is 48.5 Å². The molecule has 0 bridgehead atoms. The molecular formula is C21H21N2. The van der Waals surface area contributed by atoms with E-state index >= 15 is 0 Å². The molecular weight excluding hydrogens is 280 g/mol. The Morgan fingerprint density at radius 2 is 1.83 bits per heavy atom. The summed E-state index contributed by atoms with van der Waals surface area (Å²) in [6, 6.07) is 19.9. The second kappa shape index (κ2) is 6.04. The summed E-state index contributed by atoms with van der Waals surface area (Å²) in [5.74, 6) is 0. The van der Waals surface area contributed by atoms with Gasteiger partial charge in [-0.3, -0.25) is 4.98 Å². The number of fused-ring (bicyclic) bond motifs is 2. The first kappa shape index (κ1) is 14.3. The molecule has 0 atom stereocenters. The zero-order chi connectivity index (χ0) is 15.6. The molecule has 0 amide bonds. The second-order valence-electron chi connectivity index (χ2n) is 6.37. The van der Waals surface area contributed by atoms with Crippen LogP contribution in [0.2, 0.25) is 0 Å². The number of pyridine rings is 1. The molecule has 0 spiro atoms. The third kappa shape index (κ3) is 2.70. The van der Waals surface area contributed by atoms with Gasteiger partial charge in [0.25, 0.3) is 0 Å². The largest absolute Gasteiger partial charge is 0.369 e. The lowest BCUT2D eigenvalue weighted by Crippen LogP contribution is -2.21. The Morgan fingerprint density at radius 1 is 1.04 bits per heavy atom. The van der Waals surface area contributed by atoms with Crippen LogP contribution in [-0.4, -0.2) is 12.0 Å². The summed E-state index contributed by atoms with van der Waals surface area (Å²) in [5.41, 5.74) is 6.57. The van der Waals surface area contributed by atoms with E-state index in [0.29, 0.717) is 0 Å². The monoisotopic (exact) mass is 301 g/mol. The van der Waals surface area contributed by atoms with Crippen molar-refractivity contribution in [3.63, 3.8) is 0 Å². The SMILES string of the molecule is CN(Cc1cc[c]cc1)c1c2c(nc3ccccc13)CCCC2. The lowest BCUT2D eigenvalue weighted by atomic mass is 9.92. The van der Waals surface area contributed by atoms with E-state index in [9.17, 15) is 0 Å². The molecule has 3 aromatic rings. The van der Waals surface area contributed by atoms with E-state index in [-0.39, 0.29) is 0 Å². The Kier molecular flexibility index (Phi) is 3.74. The van der Waals surface area contributed by atoms with E-state index in [2.05, 4.69) is 54.4 Å². The minimum absolute atomic E-state index is 0.912. The van der Waals surface area contributed by atoms with Crippen LogP contribution in [-0.2, 0) is 19.4 Å². The van der Waals surface area contributed by atoms with Gasteiger partial charge in [0.2, 0.25) is 0 Å². The summed E-state index contributed by atoms with van der Waals surface area (Å²) in [6.07, 6.45) is 4.79. The molecule has 0 saturated carbocycles. The van der Waals surface area contributed by atoms with E-state index in [4.69, 9.17) is 4.98 Å². The average molecular weight is 301 g/mol. The molecule has 0 aliphatic heterocycles. The normalized spacial score (nSPS) is 13.8. The number of aromatic nitrogens is 1. The van der Waals surface area contributed by atoms with Gasteiger partial charge in [0.05, 0.1) is 11.2 Å². The van der Waals surface area contributed by atoms with Gasteiger partial charge in [0, 0.05) is 24.7 Å². The van der Waals surface area contributed by atoms with Gasteiger partial charge in [-0.05, 0) is 48.9 Å². The Labute approximate surface area is 137 Å². The minimum atomic E-state index is 0.912. The van der Waals surface area contributed by atoms with Crippen LogP contribution in [0.4, 0.5) is 5.69 Å². The second-order valence-corrected chi connectivity index (χ2v) is 6.37. The highest BCUT2D eigenvalue weighted by molar-refractivity contribution is 5.94. The quantitative estimate of drug-likeness (QED) is 0.705.